The third-order valence-corrected chi connectivity index (χ3v) is 5.92. The molecule has 0 amide bonds. The molecule has 1 heterocycles. The molecule has 0 bridgehead atoms. The molecule has 0 saturated carbocycles. The Morgan fingerprint density at radius 1 is 0.963 bits per heavy atom. The van der Waals surface area contributed by atoms with E-state index >= 15 is 0 Å². The lowest BCUT2D eigenvalue weighted by molar-refractivity contribution is 0.682. The van der Waals surface area contributed by atoms with Crippen LogP contribution >= 0.6 is 34.8 Å². The molecule has 0 aliphatic rings. The molecule has 3 rings (SSSR count). The van der Waals surface area contributed by atoms with Gasteiger partial charge in [0.2, 0.25) is 0 Å². The van der Waals surface area contributed by atoms with Crippen LogP contribution in [0.3, 0.4) is 0 Å². The Morgan fingerprint density at radius 3 is 2.37 bits per heavy atom. The first kappa shape index (κ1) is 20.1. The lowest BCUT2D eigenvalue weighted by atomic mass is 10.2. The molecule has 0 aliphatic carbocycles. The van der Waals surface area contributed by atoms with E-state index in [4.69, 9.17) is 34.8 Å². The minimum atomic E-state index is -1.22. The third-order valence-electron chi connectivity index (χ3n) is 3.72. The molecule has 8 heteroatoms. The molecule has 1 aromatic heterocycles. The van der Waals surface area contributed by atoms with Crippen molar-refractivity contribution in [1.82, 2.24) is 9.97 Å². The summed E-state index contributed by atoms with van der Waals surface area (Å²) in [7, 11) is -1.22. The van der Waals surface area contributed by atoms with E-state index in [0.717, 1.165) is 5.56 Å². The molecule has 27 heavy (non-hydrogen) atoms. The van der Waals surface area contributed by atoms with Gasteiger partial charge in [0.15, 0.2) is 0 Å². The van der Waals surface area contributed by atoms with Crippen LogP contribution in [-0.4, -0.2) is 14.2 Å². The number of benzene rings is 2. The predicted molar refractivity (Wildman–Crippen MR) is 112 cm³/mol. The Hall–Kier alpha value is -1.66. The smallest absolute Gasteiger partial charge is 0.130 e. The van der Waals surface area contributed by atoms with Crippen LogP contribution in [0.1, 0.15) is 17.1 Å². The Labute approximate surface area is 175 Å². The molecule has 1 N–H and O–H groups in total. The fourth-order valence-electron chi connectivity index (χ4n) is 2.45. The van der Waals surface area contributed by atoms with Crippen LogP contribution in [0.5, 0.6) is 0 Å². The van der Waals surface area contributed by atoms with Gasteiger partial charge in [0.1, 0.15) is 11.6 Å². The van der Waals surface area contributed by atoms with Gasteiger partial charge in [-0.1, -0.05) is 40.9 Å². The summed E-state index contributed by atoms with van der Waals surface area (Å²) in [6, 6.07) is 14.1. The summed E-state index contributed by atoms with van der Waals surface area (Å²) < 4.78 is 12.6. The molecule has 2 aromatic carbocycles. The second-order valence-electron chi connectivity index (χ2n) is 5.82. The van der Waals surface area contributed by atoms with Gasteiger partial charge < -0.3 is 5.32 Å². The van der Waals surface area contributed by atoms with Crippen molar-refractivity contribution < 1.29 is 4.21 Å². The predicted octanol–water partition coefficient (Wildman–Crippen LogP) is 5.67. The van der Waals surface area contributed by atoms with Gasteiger partial charge in [-0.2, -0.15) is 0 Å². The minimum absolute atomic E-state index is 0.293. The third kappa shape index (κ3) is 5.66. The number of hydrogen-bond acceptors (Lipinski definition) is 4. The summed E-state index contributed by atoms with van der Waals surface area (Å²) in [5.41, 5.74) is 1.60. The molecule has 0 unspecified atom stereocenters. The summed E-state index contributed by atoms with van der Waals surface area (Å²) in [6.45, 7) is 2.29. The standard InChI is InChI=1S/C19H16Cl3N3OS/c1-12-24-16(11-27(26)17-6-4-14(20)5-7-17)9-19(25-12)23-10-13-2-3-15(21)8-18(13)22/h2-9H,10-11H2,1H3,(H,23,24,25)/t27-/m1/s1. The maximum absolute atomic E-state index is 12.6. The lowest BCUT2D eigenvalue weighted by Gasteiger charge is -2.10. The largest absolute Gasteiger partial charge is 0.366 e. The highest BCUT2D eigenvalue weighted by Gasteiger charge is 2.09. The molecule has 0 saturated heterocycles. The normalized spacial score (nSPS) is 12.0. The minimum Gasteiger partial charge on any atom is -0.366 e. The van der Waals surface area contributed by atoms with Crippen LogP contribution in [0.15, 0.2) is 53.4 Å². The SMILES string of the molecule is Cc1nc(C[S@@](=O)c2ccc(Cl)cc2)cc(NCc2ccc(Cl)cc2Cl)n1. The number of rotatable bonds is 6. The zero-order valence-electron chi connectivity index (χ0n) is 14.4. The van der Waals surface area contributed by atoms with Crippen molar-refractivity contribution in [3.8, 4) is 0 Å². The van der Waals surface area contributed by atoms with Crippen molar-refractivity contribution in [2.24, 2.45) is 0 Å². The highest BCUT2D eigenvalue weighted by atomic mass is 35.5. The molecule has 1 atom stereocenters. The van der Waals surface area contributed by atoms with Gasteiger partial charge in [0, 0.05) is 32.6 Å². The zero-order valence-corrected chi connectivity index (χ0v) is 17.5. The van der Waals surface area contributed by atoms with Crippen molar-refractivity contribution in [3.05, 3.63) is 80.7 Å². The van der Waals surface area contributed by atoms with E-state index < -0.39 is 10.8 Å². The van der Waals surface area contributed by atoms with Crippen LogP contribution in [0.4, 0.5) is 5.82 Å². The van der Waals surface area contributed by atoms with Crippen LogP contribution in [-0.2, 0) is 23.1 Å². The molecule has 0 aliphatic heterocycles. The average molecular weight is 441 g/mol. The van der Waals surface area contributed by atoms with Gasteiger partial charge >= 0.3 is 0 Å². The van der Waals surface area contributed by atoms with E-state index in [2.05, 4.69) is 15.3 Å². The lowest BCUT2D eigenvalue weighted by Crippen LogP contribution is -2.07. The first-order valence-electron chi connectivity index (χ1n) is 8.07. The monoisotopic (exact) mass is 439 g/mol. The van der Waals surface area contributed by atoms with Crippen molar-refractivity contribution in [2.75, 3.05) is 5.32 Å². The van der Waals surface area contributed by atoms with Crippen LogP contribution < -0.4 is 5.32 Å². The molecule has 0 fully saturated rings. The maximum Gasteiger partial charge on any atom is 0.130 e. The van der Waals surface area contributed by atoms with E-state index in [1.165, 1.54) is 0 Å². The van der Waals surface area contributed by atoms with Gasteiger partial charge in [-0.25, -0.2) is 9.97 Å². The summed E-state index contributed by atoms with van der Waals surface area (Å²) in [4.78, 5) is 9.47. The van der Waals surface area contributed by atoms with Gasteiger partial charge in [-0.3, -0.25) is 4.21 Å². The van der Waals surface area contributed by atoms with E-state index in [9.17, 15) is 4.21 Å². The number of halogens is 3. The quantitative estimate of drug-likeness (QED) is 0.537. The second-order valence-corrected chi connectivity index (χ2v) is 8.56. The second kappa shape index (κ2) is 9.02. The highest BCUT2D eigenvalue weighted by Crippen LogP contribution is 2.22. The number of aromatic nitrogens is 2. The van der Waals surface area contributed by atoms with Crippen LogP contribution in [0.2, 0.25) is 15.1 Å². The summed E-state index contributed by atoms with van der Waals surface area (Å²) in [5, 5.41) is 5.02. The number of aryl methyl sites for hydroxylation is 1. The summed E-state index contributed by atoms with van der Waals surface area (Å²) in [6.07, 6.45) is 0. The van der Waals surface area contributed by atoms with E-state index in [0.29, 0.717) is 49.6 Å². The van der Waals surface area contributed by atoms with Gasteiger partial charge in [0.05, 0.1) is 22.2 Å². The number of nitrogens with zero attached hydrogens (tertiary/aromatic N) is 2. The van der Waals surface area contributed by atoms with E-state index in [1.54, 1.807) is 49.4 Å². The topological polar surface area (TPSA) is 54.9 Å². The number of anilines is 1. The fourth-order valence-corrected chi connectivity index (χ4v) is 4.07. The molecule has 0 radical (unpaired) electrons. The molecular weight excluding hydrogens is 425 g/mol. The fraction of sp³-hybridized carbons (Fsp3) is 0.158. The first-order valence-corrected chi connectivity index (χ1v) is 10.5. The van der Waals surface area contributed by atoms with Crippen LogP contribution in [0, 0.1) is 6.92 Å². The Balaban J connectivity index is 1.72. The molecule has 3 aromatic rings. The number of hydrogen-bond donors (Lipinski definition) is 1. The summed E-state index contributed by atoms with van der Waals surface area (Å²) >= 11 is 18.0. The highest BCUT2D eigenvalue weighted by molar-refractivity contribution is 7.84. The zero-order chi connectivity index (χ0) is 19.4. The first-order chi connectivity index (χ1) is 12.9. The van der Waals surface area contributed by atoms with Gasteiger partial charge in [-0.05, 0) is 48.9 Å². The number of nitrogens with one attached hydrogen (secondary N) is 1. The van der Waals surface area contributed by atoms with Crippen LogP contribution in [0.25, 0.3) is 0 Å². The summed E-state index contributed by atoms with van der Waals surface area (Å²) in [5.74, 6) is 1.54. The van der Waals surface area contributed by atoms with Crippen molar-refractivity contribution in [1.29, 1.82) is 0 Å². The van der Waals surface area contributed by atoms with E-state index in [-0.39, 0.29) is 0 Å². The van der Waals surface area contributed by atoms with Crippen molar-refractivity contribution >= 4 is 51.4 Å². The molecule has 0 spiro atoms. The Morgan fingerprint density at radius 2 is 1.67 bits per heavy atom. The van der Waals surface area contributed by atoms with Crippen molar-refractivity contribution in [2.45, 2.75) is 24.1 Å². The molecule has 140 valence electrons. The average Bonchev–Trinajstić information content (AvgIpc) is 2.61. The van der Waals surface area contributed by atoms with E-state index in [1.807, 2.05) is 6.07 Å². The Kier molecular flexibility index (Phi) is 6.71. The Bertz CT molecular complexity index is 980. The molecular formula is C19H16Cl3N3OS. The van der Waals surface area contributed by atoms with Gasteiger partial charge in [0.25, 0.3) is 0 Å². The maximum atomic E-state index is 12.6. The van der Waals surface area contributed by atoms with Crippen molar-refractivity contribution in [3.63, 3.8) is 0 Å². The molecule has 4 nitrogen and oxygen atoms in total. The van der Waals surface area contributed by atoms with Gasteiger partial charge in [-0.15, -0.1) is 0 Å².